The monoisotopic (exact) mass is 375 g/mol. The maximum atomic E-state index is 12.5. The van der Waals surface area contributed by atoms with Crippen molar-refractivity contribution in [3.63, 3.8) is 0 Å². The number of hydrogen-bond acceptors (Lipinski definition) is 3. The van der Waals surface area contributed by atoms with Gasteiger partial charge in [0, 0.05) is 43.9 Å². The Morgan fingerprint density at radius 3 is 2.61 bits per heavy atom. The van der Waals surface area contributed by atoms with Crippen LogP contribution in [0.3, 0.4) is 0 Å². The van der Waals surface area contributed by atoms with E-state index in [0.29, 0.717) is 11.5 Å². The van der Waals surface area contributed by atoms with Crippen LogP contribution in [0.15, 0.2) is 48.8 Å². The number of aromatic nitrogens is 2. The Morgan fingerprint density at radius 1 is 1.11 bits per heavy atom. The van der Waals surface area contributed by atoms with Crippen molar-refractivity contribution in [1.29, 1.82) is 0 Å². The molecule has 1 aliphatic heterocycles. The number of nitrogens with zero attached hydrogens (tertiary/aromatic N) is 2. The number of benzene rings is 1. The van der Waals surface area contributed by atoms with Crippen LogP contribution in [0.2, 0.25) is 0 Å². The highest BCUT2D eigenvalue weighted by Gasteiger charge is 2.26. The van der Waals surface area contributed by atoms with Crippen LogP contribution >= 0.6 is 0 Å². The Balaban J connectivity index is 1.30. The first-order valence-corrected chi connectivity index (χ1v) is 9.91. The molecule has 0 saturated carbocycles. The molecule has 1 amide bonds. The van der Waals surface area contributed by atoms with Crippen molar-refractivity contribution in [1.82, 2.24) is 14.9 Å². The fraction of sp³-hybridized carbons (Fsp3) is 0.348. The van der Waals surface area contributed by atoms with E-state index in [2.05, 4.69) is 16.2 Å². The van der Waals surface area contributed by atoms with Gasteiger partial charge in [-0.1, -0.05) is 29.8 Å². The number of carbonyl (C=O) groups is 2. The standard InChI is InChI=1S/C23H25N3O2/c1-16-4-6-18(7-5-16)21(27)8-9-22(28)26-13-10-17(11-14-26)19-15-25-20-3-2-12-24-23(19)20/h2-7,12,15,17,25H,8-11,13-14H2,1H3. The van der Waals surface area contributed by atoms with Crippen molar-refractivity contribution < 1.29 is 9.59 Å². The summed E-state index contributed by atoms with van der Waals surface area (Å²) >= 11 is 0. The van der Waals surface area contributed by atoms with E-state index in [1.54, 1.807) is 0 Å². The van der Waals surface area contributed by atoms with E-state index in [-0.39, 0.29) is 24.5 Å². The Labute approximate surface area is 164 Å². The minimum Gasteiger partial charge on any atom is -0.360 e. The van der Waals surface area contributed by atoms with Gasteiger partial charge in [-0.3, -0.25) is 14.6 Å². The molecule has 4 rings (SSSR count). The highest BCUT2D eigenvalue weighted by atomic mass is 16.2. The molecule has 0 atom stereocenters. The zero-order chi connectivity index (χ0) is 19.5. The summed E-state index contributed by atoms with van der Waals surface area (Å²) < 4.78 is 0. The molecule has 144 valence electrons. The molecule has 1 N–H and O–H groups in total. The van der Waals surface area contributed by atoms with Gasteiger partial charge in [0.2, 0.25) is 5.91 Å². The van der Waals surface area contributed by atoms with E-state index in [1.807, 2.05) is 54.4 Å². The average Bonchev–Trinajstić information content (AvgIpc) is 3.16. The Hall–Kier alpha value is -2.95. The van der Waals surface area contributed by atoms with Crippen molar-refractivity contribution >= 4 is 22.7 Å². The Bertz CT molecular complexity index is 983. The molecule has 0 radical (unpaired) electrons. The van der Waals surface area contributed by atoms with Crippen molar-refractivity contribution in [2.75, 3.05) is 13.1 Å². The molecule has 2 aromatic heterocycles. The Kier molecular flexibility index (Phi) is 5.24. The number of aryl methyl sites for hydroxylation is 1. The van der Waals surface area contributed by atoms with Gasteiger partial charge in [-0.25, -0.2) is 0 Å². The molecule has 0 spiro atoms. The number of hydrogen-bond donors (Lipinski definition) is 1. The predicted molar refractivity (Wildman–Crippen MR) is 109 cm³/mol. The molecule has 5 heteroatoms. The van der Waals surface area contributed by atoms with Crippen LogP contribution in [0.5, 0.6) is 0 Å². The number of likely N-dealkylation sites (tertiary alicyclic amines) is 1. The van der Waals surface area contributed by atoms with Crippen molar-refractivity contribution in [2.45, 2.75) is 38.5 Å². The van der Waals surface area contributed by atoms with E-state index in [1.165, 1.54) is 5.56 Å². The number of pyridine rings is 1. The van der Waals surface area contributed by atoms with Crippen molar-refractivity contribution in [3.8, 4) is 0 Å². The maximum absolute atomic E-state index is 12.5. The number of ketones is 1. The lowest BCUT2D eigenvalue weighted by atomic mass is 9.90. The molecule has 1 fully saturated rings. The van der Waals surface area contributed by atoms with Crippen LogP contribution in [0.4, 0.5) is 0 Å². The number of H-pyrrole nitrogens is 1. The molecule has 3 heterocycles. The molecule has 1 saturated heterocycles. The second-order valence-electron chi connectivity index (χ2n) is 7.59. The fourth-order valence-electron chi connectivity index (χ4n) is 3.99. The highest BCUT2D eigenvalue weighted by molar-refractivity contribution is 5.98. The highest BCUT2D eigenvalue weighted by Crippen LogP contribution is 2.32. The lowest BCUT2D eigenvalue weighted by Gasteiger charge is -2.32. The van der Waals surface area contributed by atoms with E-state index in [4.69, 9.17) is 0 Å². The number of nitrogens with one attached hydrogen (secondary N) is 1. The van der Waals surface area contributed by atoms with E-state index < -0.39 is 0 Å². The largest absolute Gasteiger partial charge is 0.360 e. The fourth-order valence-corrected chi connectivity index (χ4v) is 3.99. The second kappa shape index (κ2) is 7.97. The summed E-state index contributed by atoms with van der Waals surface area (Å²) in [5, 5.41) is 0. The summed E-state index contributed by atoms with van der Waals surface area (Å²) in [4.78, 5) is 34.5. The Morgan fingerprint density at radius 2 is 1.86 bits per heavy atom. The topological polar surface area (TPSA) is 66.1 Å². The first-order chi connectivity index (χ1) is 13.6. The van der Waals surface area contributed by atoms with Crippen molar-refractivity contribution in [3.05, 3.63) is 65.5 Å². The number of carbonyl (C=O) groups excluding carboxylic acids is 2. The van der Waals surface area contributed by atoms with Crippen LogP contribution < -0.4 is 0 Å². The lowest BCUT2D eigenvalue weighted by Crippen LogP contribution is -2.38. The van der Waals surface area contributed by atoms with Gasteiger partial charge in [-0.05, 0) is 43.4 Å². The number of aromatic amines is 1. The number of piperidine rings is 1. The molecular weight excluding hydrogens is 350 g/mol. The molecule has 28 heavy (non-hydrogen) atoms. The summed E-state index contributed by atoms with van der Waals surface area (Å²) in [5.74, 6) is 0.533. The van der Waals surface area contributed by atoms with Gasteiger partial charge in [0.05, 0.1) is 11.0 Å². The second-order valence-corrected chi connectivity index (χ2v) is 7.59. The normalized spacial score (nSPS) is 15.1. The van der Waals surface area contributed by atoms with E-state index in [0.717, 1.165) is 42.5 Å². The van der Waals surface area contributed by atoms with Crippen LogP contribution in [0, 0.1) is 6.92 Å². The number of amides is 1. The zero-order valence-electron chi connectivity index (χ0n) is 16.1. The zero-order valence-corrected chi connectivity index (χ0v) is 16.1. The van der Waals surface area contributed by atoms with Gasteiger partial charge in [-0.15, -0.1) is 0 Å². The van der Waals surface area contributed by atoms with Crippen LogP contribution in [0.25, 0.3) is 11.0 Å². The predicted octanol–water partition coefficient (Wildman–Crippen LogP) is 4.24. The molecule has 0 bridgehead atoms. The summed E-state index contributed by atoms with van der Waals surface area (Å²) in [7, 11) is 0. The lowest BCUT2D eigenvalue weighted by molar-refractivity contribution is -0.132. The minimum absolute atomic E-state index is 0.0353. The third-order valence-corrected chi connectivity index (χ3v) is 5.69. The molecule has 3 aromatic rings. The summed E-state index contributed by atoms with van der Waals surface area (Å²) in [6.07, 6.45) is 6.30. The van der Waals surface area contributed by atoms with Gasteiger partial charge in [0.15, 0.2) is 5.78 Å². The maximum Gasteiger partial charge on any atom is 0.223 e. The number of fused-ring (bicyclic) bond motifs is 1. The summed E-state index contributed by atoms with van der Waals surface area (Å²) in [6, 6.07) is 11.5. The average molecular weight is 375 g/mol. The SMILES string of the molecule is Cc1ccc(C(=O)CCC(=O)N2CCC(c3c[nH]c4cccnc34)CC2)cc1. The van der Waals surface area contributed by atoms with Crippen LogP contribution in [0.1, 0.15) is 53.1 Å². The third kappa shape index (κ3) is 3.84. The molecule has 1 aromatic carbocycles. The first kappa shape index (κ1) is 18.4. The van der Waals surface area contributed by atoms with Gasteiger partial charge < -0.3 is 9.88 Å². The van der Waals surface area contributed by atoms with Gasteiger partial charge in [0.1, 0.15) is 0 Å². The van der Waals surface area contributed by atoms with Crippen LogP contribution in [-0.2, 0) is 4.79 Å². The molecule has 1 aliphatic rings. The summed E-state index contributed by atoms with van der Waals surface area (Å²) in [5.41, 5.74) is 5.16. The number of Topliss-reactive ketones (excluding diaryl/α,β-unsaturated/α-hetero) is 1. The molecule has 0 aliphatic carbocycles. The van der Waals surface area contributed by atoms with Crippen LogP contribution in [-0.4, -0.2) is 39.6 Å². The van der Waals surface area contributed by atoms with E-state index >= 15 is 0 Å². The third-order valence-electron chi connectivity index (χ3n) is 5.69. The van der Waals surface area contributed by atoms with Gasteiger partial charge in [0.25, 0.3) is 0 Å². The van der Waals surface area contributed by atoms with E-state index in [9.17, 15) is 9.59 Å². The van der Waals surface area contributed by atoms with Crippen molar-refractivity contribution in [2.24, 2.45) is 0 Å². The van der Waals surface area contributed by atoms with Gasteiger partial charge >= 0.3 is 0 Å². The molecular formula is C23H25N3O2. The van der Waals surface area contributed by atoms with Gasteiger partial charge in [-0.2, -0.15) is 0 Å². The minimum atomic E-state index is 0.0353. The molecule has 5 nitrogen and oxygen atoms in total. The smallest absolute Gasteiger partial charge is 0.223 e. The summed E-state index contributed by atoms with van der Waals surface area (Å²) in [6.45, 7) is 3.47. The molecule has 0 unspecified atom stereocenters. The number of rotatable bonds is 5. The first-order valence-electron chi connectivity index (χ1n) is 9.91. The quantitative estimate of drug-likeness (QED) is 0.678.